The Labute approximate surface area is 167 Å². The molecular weight excluding hydrogens is 419 g/mol. The van der Waals surface area contributed by atoms with Gasteiger partial charge in [-0.05, 0) is 18.2 Å². The fourth-order valence-electron chi connectivity index (χ4n) is 2.19. The Morgan fingerprint density at radius 3 is 2.48 bits per heavy atom. The van der Waals surface area contributed by atoms with Crippen LogP contribution in [0.4, 0.5) is 0 Å². The largest absolute Gasteiger partial charge is 0.748 e. The second kappa shape index (κ2) is 10.2. The number of carbonyl (C=O) groups is 1. The Balaban J connectivity index is 0.000000646. The maximum atomic E-state index is 12.4. The van der Waals surface area contributed by atoms with Crippen molar-refractivity contribution in [2.24, 2.45) is 7.05 Å². The van der Waals surface area contributed by atoms with Gasteiger partial charge < -0.3 is 14.8 Å². The van der Waals surface area contributed by atoms with Gasteiger partial charge in [0.2, 0.25) is 0 Å². The van der Waals surface area contributed by atoms with E-state index >= 15 is 0 Å². The van der Waals surface area contributed by atoms with E-state index in [1.807, 2.05) is 7.05 Å². The van der Waals surface area contributed by atoms with Crippen LogP contribution in [0.3, 0.4) is 0 Å². The highest BCUT2D eigenvalue weighted by Gasteiger charge is 2.22. The van der Waals surface area contributed by atoms with E-state index in [9.17, 15) is 9.90 Å². The number of carbonyl (C=O) groups excluding carboxylic acids is 1. The van der Waals surface area contributed by atoms with Gasteiger partial charge in [-0.1, -0.05) is 23.2 Å². The second-order valence-corrected chi connectivity index (χ2v) is 7.99. The highest BCUT2D eigenvalue weighted by Crippen LogP contribution is 2.22. The third kappa shape index (κ3) is 8.37. The molecule has 1 heterocycles. The zero-order valence-corrected chi connectivity index (χ0v) is 17.0. The van der Waals surface area contributed by atoms with E-state index in [1.165, 1.54) is 6.07 Å². The van der Waals surface area contributed by atoms with E-state index in [2.05, 4.69) is 0 Å². The van der Waals surface area contributed by atoms with Crippen molar-refractivity contribution < 1.29 is 32.5 Å². The van der Waals surface area contributed by atoms with Gasteiger partial charge in [0.15, 0.2) is 5.78 Å². The summed E-state index contributed by atoms with van der Waals surface area (Å²) in [6, 6.07) is 4.75. The van der Waals surface area contributed by atoms with Gasteiger partial charge in [0.1, 0.15) is 31.5 Å². The molecule has 27 heavy (non-hydrogen) atoms. The molecule has 11 heteroatoms. The molecule has 1 aromatic heterocycles. The Morgan fingerprint density at radius 1 is 1.37 bits per heavy atom. The Hall–Kier alpha value is -1.49. The fourth-order valence-corrected chi connectivity index (χ4v) is 2.70. The third-order valence-corrected chi connectivity index (χ3v) is 3.93. The summed E-state index contributed by atoms with van der Waals surface area (Å²) in [7, 11) is -2.10. The molecule has 0 radical (unpaired) electrons. The molecule has 8 nitrogen and oxygen atoms in total. The standard InChI is InChI=1S/C15H17Cl2N2O3.CH4O3S/c1-18-4-5-19(8-11(21)9-20)15(18)7-14(22)12-3-2-10(16)6-13(12)17;1-5(2,3)4/h2-6,11,20-21H,7-9H2,1H3;1H3,(H,2,3,4)/q+1;/p-1. The predicted molar refractivity (Wildman–Crippen MR) is 98.8 cm³/mol. The van der Waals surface area contributed by atoms with Crippen LogP contribution in [-0.2, 0) is 30.1 Å². The average Bonchev–Trinajstić information content (AvgIpc) is 2.86. The van der Waals surface area contributed by atoms with Gasteiger partial charge in [-0.25, -0.2) is 17.6 Å². The summed E-state index contributed by atoms with van der Waals surface area (Å²) in [5.41, 5.74) is 0.404. The van der Waals surface area contributed by atoms with Gasteiger partial charge in [0, 0.05) is 16.8 Å². The number of aryl methyl sites for hydroxylation is 1. The lowest BCUT2D eigenvalue weighted by atomic mass is 10.1. The van der Waals surface area contributed by atoms with Crippen LogP contribution in [0.5, 0.6) is 0 Å². The Morgan fingerprint density at radius 2 is 1.96 bits per heavy atom. The highest BCUT2D eigenvalue weighted by molar-refractivity contribution is 7.84. The van der Waals surface area contributed by atoms with E-state index in [4.69, 9.17) is 41.3 Å². The van der Waals surface area contributed by atoms with Crippen molar-refractivity contribution in [3.05, 3.63) is 52.0 Å². The van der Waals surface area contributed by atoms with Crippen LogP contribution in [0.25, 0.3) is 0 Å². The Kier molecular flexibility index (Phi) is 8.86. The van der Waals surface area contributed by atoms with Crippen LogP contribution in [0.2, 0.25) is 10.0 Å². The van der Waals surface area contributed by atoms with Crippen LogP contribution in [0.1, 0.15) is 16.2 Å². The van der Waals surface area contributed by atoms with Crippen LogP contribution in [0.15, 0.2) is 30.6 Å². The molecule has 0 fully saturated rings. The molecule has 2 N–H and O–H groups in total. The van der Waals surface area contributed by atoms with Crippen LogP contribution in [-0.4, -0.2) is 52.5 Å². The lowest BCUT2D eigenvalue weighted by Crippen LogP contribution is -2.35. The first-order valence-electron chi connectivity index (χ1n) is 7.64. The monoisotopic (exact) mass is 438 g/mol. The minimum Gasteiger partial charge on any atom is -0.748 e. The first-order valence-corrected chi connectivity index (χ1v) is 10.2. The maximum Gasteiger partial charge on any atom is 0.264 e. The summed E-state index contributed by atoms with van der Waals surface area (Å²) in [6.45, 7) is -0.118. The molecule has 1 aromatic carbocycles. The Bertz CT molecular complexity index is 890. The number of rotatable bonds is 6. The summed E-state index contributed by atoms with van der Waals surface area (Å²) < 4.78 is 30.8. The van der Waals surface area contributed by atoms with Crippen LogP contribution < -0.4 is 4.57 Å². The molecule has 0 bridgehead atoms. The zero-order chi connectivity index (χ0) is 20.8. The van der Waals surface area contributed by atoms with Gasteiger partial charge in [0.25, 0.3) is 5.82 Å². The lowest BCUT2D eigenvalue weighted by molar-refractivity contribution is -0.678. The molecule has 0 aliphatic rings. The van der Waals surface area contributed by atoms with E-state index in [0.717, 1.165) is 0 Å². The quantitative estimate of drug-likeness (QED) is 0.385. The van der Waals surface area contributed by atoms with Gasteiger partial charge in [0.05, 0.1) is 28.8 Å². The molecule has 0 saturated carbocycles. The number of aromatic nitrogens is 2. The van der Waals surface area contributed by atoms with Crippen molar-refractivity contribution in [3.8, 4) is 0 Å². The summed E-state index contributed by atoms with van der Waals surface area (Å²) in [4.78, 5) is 12.4. The smallest absolute Gasteiger partial charge is 0.264 e. The topological polar surface area (TPSA) is 124 Å². The van der Waals surface area contributed by atoms with Crippen molar-refractivity contribution >= 4 is 39.1 Å². The maximum absolute atomic E-state index is 12.4. The number of Topliss-reactive ketones (excluding diaryl/α,β-unsaturated/α-hetero) is 1. The second-order valence-electron chi connectivity index (χ2n) is 5.74. The van der Waals surface area contributed by atoms with Gasteiger partial charge in [-0.2, -0.15) is 0 Å². The molecule has 150 valence electrons. The molecule has 2 aromatic rings. The molecule has 2 rings (SSSR count). The number of imidazole rings is 1. The van der Waals surface area contributed by atoms with Gasteiger partial charge in [-0.15, -0.1) is 0 Å². The van der Waals surface area contributed by atoms with Crippen LogP contribution >= 0.6 is 23.2 Å². The first kappa shape index (κ1) is 23.5. The molecule has 1 atom stereocenters. The normalized spacial score (nSPS) is 12.3. The molecule has 0 aliphatic carbocycles. The predicted octanol–water partition coefficient (Wildman–Crippen LogP) is 0.559. The molecule has 0 amide bonds. The van der Waals surface area contributed by atoms with Crippen molar-refractivity contribution in [2.45, 2.75) is 19.1 Å². The number of ketones is 1. The summed E-state index contributed by atoms with van der Waals surface area (Å²) in [6.07, 6.45) is 3.40. The lowest BCUT2D eigenvalue weighted by Gasteiger charge is -2.07. The summed E-state index contributed by atoms with van der Waals surface area (Å²) in [5, 5.41) is 19.3. The number of halogens is 2. The molecule has 0 aliphatic heterocycles. The number of nitrogens with zero attached hydrogens (tertiary/aromatic N) is 2. The number of aliphatic hydroxyl groups is 2. The minimum absolute atomic E-state index is 0.128. The van der Waals surface area contributed by atoms with E-state index in [1.54, 1.807) is 33.7 Å². The van der Waals surface area contributed by atoms with Crippen molar-refractivity contribution in [2.75, 3.05) is 12.9 Å². The van der Waals surface area contributed by atoms with Gasteiger partial charge in [-0.3, -0.25) is 4.79 Å². The van der Waals surface area contributed by atoms with Crippen molar-refractivity contribution in [1.29, 1.82) is 0 Å². The van der Waals surface area contributed by atoms with Crippen LogP contribution in [0, 0.1) is 0 Å². The number of aliphatic hydroxyl groups excluding tert-OH is 2. The molecular formula is C16H20Cl2N2O6S. The minimum atomic E-state index is -3.92. The average molecular weight is 439 g/mol. The number of hydrogen-bond donors (Lipinski definition) is 2. The summed E-state index contributed by atoms with van der Waals surface area (Å²) in [5.74, 6) is 0.569. The van der Waals surface area contributed by atoms with E-state index < -0.39 is 16.2 Å². The first-order chi connectivity index (χ1) is 12.4. The summed E-state index contributed by atoms with van der Waals surface area (Å²) >= 11 is 11.9. The number of hydrogen-bond acceptors (Lipinski definition) is 6. The number of benzene rings is 1. The van der Waals surface area contributed by atoms with Crippen molar-refractivity contribution in [1.82, 2.24) is 4.57 Å². The van der Waals surface area contributed by atoms with Gasteiger partial charge >= 0.3 is 0 Å². The zero-order valence-electron chi connectivity index (χ0n) is 14.7. The molecule has 0 spiro atoms. The molecule has 0 saturated heterocycles. The fraction of sp³-hybridized carbons (Fsp3) is 0.375. The SMILES string of the molecule is CS(=O)(=O)[O-].C[n+]1ccn(CC(O)CO)c1CC(=O)c1ccc(Cl)cc1Cl. The van der Waals surface area contributed by atoms with E-state index in [0.29, 0.717) is 27.7 Å². The van der Waals surface area contributed by atoms with E-state index in [-0.39, 0.29) is 25.4 Å². The molecule has 1 unspecified atom stereocenters. The highest BCUT2D eigenvalue weighted by atomic mass is 35.5. The van der Waals surface area contributed by atoms with Crippen molar-refractivity contribution in [3.63, 3.8) is 0 Å². The third-order valence-electron chi connectivity index (χ3n) is 3.38.